The molecule has 0 bridgehead atoms. The molecule has 1 aromatic heterocycles. The number of halogens is 1. The van der Waals surface area contributed by atoms with E-state index in [9.17, 15) is 4.39 Å². The van der Waals surface area contributed by atoms with Crippen molar-refractivity contribution >= 4 is 5.96 Å². The first-order valence-corrected chi connectivity index (χ1v) is 9.22. The summed E-state index contributed by atoms with van der Waals surface area (Å²) in [5.41, 5.74) is 3.34. The van der Waals surface area contributed by atoms with Gasteiger partial charge in [0.05, 0.1) is 17.3 Å². The molecular formula is C20H25FN6. The van der Waals surface area contributed by atoms with Crippen molar-refractivity contribution in [3.8, 4) is 6.07 Å². The van der Waals surface area contributed by atoms with Crippen molar-refractivity contribution in [2.45, 2.75) is 51.7 Å². The molecule has 1 atom stereocenters. The largest absolute Gasteiger partial charge is 0.353 e. The van der Waals surface area contributed by atoms with Crippen LogP contribution < -0.4 is 10.6 Å². The summed E-state index contributed by atoms with van der Waals surface area (Å²) in [4.78, 5) is 4.24. The summed E-state index contributed by atoms with van der Waals surface area (Å²) in [6, 6.07) is 6.97. The highest BCUT2D eigenvalue weighted by Gasteiger charge is 2.23. The average Bonchev–Trinajstić information content (AvgIpc) is 3.10. The van der Waals surface area contributed by atoms with Crippen molar-refractivity contribution in [2.24, 2.45) is 4.99 Å². The van der Waals surface area contributed by atoms with Crippen LogP contribution in [0.5, 0.6) is 0 Å². The molecule has 1 aliphatic rings. The Morgan fingerprint density at radius 3 is 3.00 bits per heavy atom. The van der Waals surface area contributed by atoms with Gasteiger partial charge in [-0.15, -0.1) is 0 Å². The fraction of sp³-hybridized carbons (Fsp3) is 0.450. The lowest BCUT2D eigenvalue weighted by Gasteiger charge is -2.24. The van der Waals surface area contributed by atoms with Gasteiger partial charge in [0.2, 0.25) is 0 Å². The van der Waals surface area contributed by atoms with E-state index in [0.717, 1.165) is 25.0 Å². The Kier molecular flexibility index (Phi) is 5.75. The number of aliphatic imine (C=N–C) groups is 1. The maximum atomic E-state index is 13.9. The molecule has 0 amide bonds. The maximum Gasteiger partial charge on any atom is 0.191 e. The highest BCUT2D eigenvalue weighted by Crippen LogP contribution is 2.21. The number of fused-ring (bicyclic) bond motifs is 1. The second kappa shape index (κ2) is 8.21. The van der Waals surface area contributed by atoms with Gasteiger partial charge in [-0.05, 0) is 50.5 Å². The van der Waals surface area contributed by atoms with Gasteiger partial charge in [-0.25, -0.2) is 4.39 Å². The van der Waals surface area contributed by atoms with Gasteiger partial charge < -0.3 is 10.6 Å². The number of rotatable bonds is 4. The van der Waals surface area contributed by atoms with Crippen molar-refractivity contribution in [1.82, 2.24) is 20.4 Å². The third kappa shape index (κ3) is 4.45. The van der Waals surface area contributed by atoms with Crippen LogP contribution in [0.1, 0.15) is 48.7 Å². The predicted molar refractivity (Wildman–Crippen MR) is 103 cm³/mol. The van der Waals surface area contributed by atoms with Crippen molar-refractivity contribution in [3.63, 3.8) is 0 Å². The molecule has 6 nitrogen and oxygen atoms in total. The lowest BCUT2D eigenvalue weighted by molar-refractivity contribution is 0.499. The molecule has 2 N–H and O–H groups in total. The van der Waals surface area contributed by atoms with Crippen molar-refractivity contribution < 1.29 is 4.39 Å². The number of aryl methyl sites for hydroxylation is 1. The Morgan fingerprint density at radius 2 is 2.30 bits per heavy atom. The fourth-order valence-electron chi connectivity index (χ4n) is 3.25. The molecule has 0 saturated heterocycles. The molecule has 3 rings (SSSR count). The summed E-state index contributed by atoms with van der Waals surface area (Å²) in [6.45, 7) is 4.52. The lowest BCUT2D eigenvalue weighted by atomic mass is 9.94. The molecular weight excluding hydrogens is 343 g/mol. The Balaban J connectivity index is 1.60. The van der Waals surface area contributed by atoms with Crippen molar-refractivity contribution in [3.05, 3.63) is 52.6 Å². The molecule has 0 aliphatic heterocycles. The van der Waals surface area contributed by atoms with Gasteiger partial charge in [-0.1, -0.05) is 0 Å². The summed E-state index contributed by atoms with van der Waals surface area (Å²) in [5.74, 6) is 0.284. The molecule has 1 aliphatic carbocycles. The molecule has 1 aromatic carbocycles. The van der Waals surface area contributed by atoms with E-state index in [0.29, 0.717) is 23.1 Å². The van der Waals surface area contributed by atoms with Crippen molar-refractivity contribution in [1.29, 1.82) is 5.26 Å². The van der Waals surface area contributed by atoms with E-state index in [1.807, 2.05) is 10.8 Å². The van der Waals surface area contributed by atoms with Gasteiger partial charge >= 0.3 is 0 Å². The monoisotopic (exact) mass is 368 g/mol. The quantitative estimate of drug-likeness (QED) is 0.642. The van der Waals surface area contributed by atoms with Gasteiger partial charge in [0, 0.05) is 43.9 Å². The average molecular weight is 368 g/mol. The summed E-state index contributed by atoms with van der Waals surface area (Å²) >= 11 is 0. The van der Waals surface area contributed by atoms with Gasteiger partial charge in [0.15, 0.2) is 5.96 Å². The molecule has 0 radical (unpaired) electrons. The van der Waals surface area contributed by atoms with Crippen LogP contribution in [0.3, 0.4) is 0 Å². The standard InChI is InChI=1S/C20H25FN6/c1-13(2)27-12-15-5-6-17(9-19(15)26-27)25-20(23-3)24-11-16-8-14(10-22)4-7-18(16)21/h4,7-8,12-13,17H,5-6,9,11H2,1-3H3,(H2,23,24,25). The van der Waals surface area contributed by atoms with Gasteiger partial charge in [0.25, 0.3) is 0 Å². The minimum atomic E-state index is -0.335. The van der Waals surface area contributed by atoms with Gasteiger partial charge in [-0.2, -0.15) is 10.4 Å². The van der Waals surface area contributed by atoms with Gasteiger partial charge in [0.1, 0.15) is 5.82 Å². The van der Waals surface area contributed by atoms with Crippen molar-refractivity contribution in [2.75, 3.05) is 7.05 Å². The second-order valence-electron chi connectivity index (χ2n) is 7.10. The molecule has 7 heteroatoms. The minimum absolute atomic E-state index is 0.231. The zero-order chi connectivity index (χ0) is 19.4. The van der Waals surface area contributed by atoms with E-state index in [2.05, 4.69) is 35.7 Å². The Bertz CT molecular complexity index is 877. The molecule has 142 valence electrons. The summed E-state index contributed by atoms with van der Waals surface area (Å²) in [7, 11) is 1.69. The first-order chi connectivity index (χ1) is 13.0. The molecule has 1 heterocycles. The van der Waals surface area contributed by atoms with E-state index in [-0.39, 0.29) is 18.4 Å². The summed E-state index contributed by atoms with van der Waals surface area (Å²) in [5, 5.41) is 20.2. The summed E-state index contributed by atoms with van der Waals surface area (Å²) < 4.78 is 16.0. The first-order valence-electron chi connectivity index (χ1n) is 9.22. The molecule has 27 heavy (non-hydrogen) atoms. The number of aromatic nitrogens is 2. The number of hydrogen-bond donors (Lipinski definition) is 2. The molecule has 0 spiro atoms. The topological polar surface area (TPSA) is 78.0 Å². The number of nitrogens with one attached hydrogen (secondary N) is 2. The van der Waals surface area contributed by atoms with E-state index < -0.39 is 0 Å². The summed E-state index contributed by atoms with van der Waals surface area (Å²) in [6.07, 6.45) is 4.97. The van der Waals surface area contributed by atoms with Crippen LogP contribution in [0.25, 0.3) is 0 Å². The Labute approximate surface area is 159 Å². The normalized spacial score (nSPS) is 16.7. The Morgan fingerprint density at radius 1 is 1.48 bits per heavy atom. The van der Waals surface area contributed by atoms with Crippen LogP contribution in [-0.4, -0.2) is 28.8 Å². The van der Waals surface area contributed by atoms with Crippen LogP contribution in [-0.2, 0) is 19.4 Å². The van der Waals surface area contributed by atoms with E-state index in [1.54, 1.807) is 13.1 Å². The van der Waals surface area contributed by atoms with Crippen LogP contribution >= 0.6 is 0 Å². The van der Waals surface area contributed by atoms with E-state index in [1.165, 1.54) is 17.7 Å². The maximum absolute atomic E-state index is 13.9. The predicted octanol–water partition coefficient (Wildman–Crippen LogP) is 2.70. The van der Waals surface area contributed by atoms with Crippen LogP contribution in [0.4, 0.5) is 4.39 Å². The van der Waals surface area contributed by atoms with Crippen LogP contribution in [0.15, 0.2) is 29.4 Å². The smallest absolute Gasteiger partial charge is 0.191 e. The molecule has 0 fully saturated rings. The molecule has 2 aromatic rings. The number of benzene rings is 1. The number of nitriles is 1. The zero-order valence-corrected chi connectivity index (χ0v) is 16.0. The third-order valence-electron chi connectivity index (χ3n) is 4.81. The first kappa shape index (κ1) is 18.9. The SMILES string of the molecule is CN=C(NCc1cc(C#N)ccc1F)NC1CCc2cn(C(C)C)nc2C1. The lowest BCUT2D eigenvalue weighted by Crippen LogP contribution is -2.45. The van der Waals surface area contributed by atoms with Crippen LogP contribution in [0.2, 0.25) is 0 Å². The van der Waals surface area contributed by atoms with E-state index in [4.69, 9.17) is 10.4 Å². The third-order valence-corrected chi connectivity index (χ3v) is 4.81. The number of guanidine groups is 1. The van der Waals surface area contributed by atoms with E-state index >= 15 is 0 Å². The van der Waals surface area contributed by atoms with Crippen LogP contribution in [0, 0.1) is 17.1 Å². The number of nitrogens with zero attached hydrogens (tertiary/aromatic N) is 4. The fourth-order valence-corrected chi connectivity index (χ4v) is 3.25. The highest BCUT2D eigenvalue weighted by atomic mass is 19.1. The zero-order valence-electron chi connectivity index (χ0n) is 16.0. The minimum Gasteiger partial charge on any atom is -0.353 e. The highest BCUT2D eigenvalue weighted by molar-refractivity contribution is 5.80. The Hall–Kier alpha value is -2.88. The molecule has 0 saturated carbocycles. The second-order valence-corrected chi connectivity index (χ2v) is 7.10. The molecule has 1 unspecified atom stereocenters. The number of hydrogen-bond acceptors (Lipinski definition) is 3. The van der Waals surface area contributed by atoms with Gasteiger partial charge in [-0.3, -0.25) is 9.67 Å².